The average molecular weight is 134 g/mol. The second-order valence-corrected chi connectivity index (χ2v) is 1.70. The predicted molar refractivity (Wildman–Crippen MR) is 33.3 cm³/mol. The van der Waals surface area contributed by atoms with E-state index in [-0.39, 0.29) is 17.1 Å². The highest BCUT2D eigenvalue weighted by molar-refractivity contribution is 5.50. The van der Waals surface area contributed by atoms with E-state index < -0.39 is 0 Å². The zero-order chi connectivity index (χ0) is 7.56. The highest BCUT2D eigenvalue weighted by Crippen LogP contribution is 2.23. The third-order valence-corrected chi connectivity index (χ3v) is 1.07. The lowest BCUT2D eigenvalue weighted by molar-refractivity contribution is 0.447. The molecule has 1 aromatic rings. The summed E-state index contributed by atoms with van der Waals surface area (Å²) >= 11 is 0. The highest BCUT2D eigenvalue weighted by Gasteiger charge is 2.03. The quantitative estimate of drug-likeness (QED) is 0.550. The van der Waals surface area contributed by atoms with Crippen LogP contribution in [-0.4, -0.2) is 10.2 Å². The summed E-state index contributed by atoms with van der Waals surface area (Å²) in [5.74, 6) is -0.541. The SMILES string of the molecule is N#Cc1c(O)[c]ccc1O. The average Bonchev–Trinajstić information content (AvgIpc) is 1.88. The van der Waals surface area contributed by atoms with E-state index >= 15 is 0 Å². The van der Waals surface area contributed by atoms with Crippen LogP contribution in [0, 0.1) is 17.4 Å². The first-order valence-corrected chi connectivity index (χ1v) is 2.58. The maximum absolute atomic E-state index is 8.89. The van der Waals surface area contributed by atoms with Crippen molar-refractivity contribution in [3.8, 4) is 17.6 Å². The van der Waals surface area contributed by atoms with Gasteiger partial charge >= 0.3 is 0 Å². The Labute approximate surface area is 57.8 Å². The van der Waals surface area contributed by atoms with Gasteiger partial charge in [-0.05, 0) is 12.1 Å². The number of phenolic OH excluding ortho intramolecular Hbond substituents is 2. The van der Waals surface area contributed by atoms with Gasteiger partial charge in [0.1, 0.15) is 23.1 Å². The van der Waals surface area contributed by atoms with Crippen LogP contribution in [0.1, 0.15) is 5.56 Å². The highest BCUT2D eigenvalue weighted by atomic mass is 16.3. The van der Waals surface area contributed by atoms with Gasteiger partial charge < -0.3 is 10.2 Å². The Morgan fingerprint density at radius 3 is 2.60 bits per heavy atom. The van der Waals surface area contributed by atoms with Crippen molar-refractivity contribution in [2.75, 3.05) is 0 Å². The molecular weight excluding hydrogens is 130 g/mol. The molecule has 0 bridgehead atoms. The van der Waals surface area contributed by atoms with Crippen molar-refractivity contribution in [1.29, 1.82) is 5.26 Å². The van der Waals surface area contributed by atoms with E-state index in [2.05, 4.69) is 6.07 Å². The van der Waals surface area contributed by atoms with Gasteiger partial charge in [-0.25, -0.2) is 0 Å². The van der Waals surface area contributed by atoms with Crippen LogP contribution in [0.25, 0.3) is 0 Å². The van der Waals surface area contributed by atoms with E-state index in [9.17, 15) is 0 Å². The third-order valence-electron chi connectivity index (χ3n) is 1.07. The van der Waals surface area contributed by atoms with E-state index in [1.807, 2.05) is 0 Å². The summed E-state index contributed by atoms with van der Waals surface area (Å²) in [6, 6.07) is 6.63. The van der Waals surface area contributed by atoms with Gasteiger partial charge in [0.05, 0.1) is 0 Å². The molecule has 0 aliphatic rings. The summed E-state index contributed by atoms with van der Waals surface area (Å²) in [6.45, 7) is 0. The molecule has 0 atom stereocenters. The molecule has 0 fully saturated rings. The smallest absolute Gasteiger partial charge is 0.145 e. The Kier molecular flexibility index (Phi) is 1.46. The Morgan fingerprint density at radius 2 is 2.20 bits per heavy atom. The molecule has 0 saturated carbocycles. The lowest BCUT2D eigenvalue weighted by atomic mass is 10.2. The van der Waals surface area contributed by atoms with Crippen LogP contribution in [0.3, 0.4) is 0 Å². The van der Waals surface area contributed by atoms with E-state index in [1.165, 1.54) is 12.1 Å². The first kappa shape index (κ1) is 6.43. The molecule has 0 unspecified atom stereocenters. The third kappa shape index (κ3) is 0.869. The molecule has 3 heteroatoms. The zero-order valence-corrected chi connectivity index (χ0v) is 5.00. The van der Waals surface area contributed by atoms with Gasteiger partial charge in [0.15, 0.2) is 0 Å². The lowest BCUT2D eigenvalue weighted by Crippen LogP contribution is -1.76. The van der Waals surface area contributed by atoms with Crippen molar-refractivity contribution in [2.45, 2.75) is 0 Å². The Balaban J connectivity index is 3.34. The number of phenols is 2. The number of aromatic hydroxyl groups is 2. The molecule has 1 aromatic carbocycles. The minimum absolute atomic E-state index is 0.137. The lowest BCUT2D eigenvalue weighted by Gasteiger charge is -1.95. The van der Waals surface area contributed by atoms with Crippen LogP contribution in [0.15, 0.2) is 12.1 Å². The molecule has 2 N–H and O–H groups in total. The number of benzene rings is 1. The van der Waals surface area contributed by atoms with Gasteiger partial charge in [-0.2, -0.15) is 5.26 Å². The fourth-order valence-electron chi connectivity index (χ4n) is 0.587. The van der Waals surface area contributed by atoms with Crippen molar-refractivity contribution >= 4 is 0 Å². The molecule has 0 saturated heterocycles. The second kappa shape index (κ2) is 2.28. The molecule has 10 heavy (non-hydrogen) atoms. The number of nitriles is 1. The molecule has 3 nitrogen and oxygen atoms in total. The van der Waals surface area contributed by atoms with Gasteiger partial charge in [-0.1, -0.05) is 0 Å². The van der Waals surface area contributed by atoms with Gasteiger partial charge in [0.2, 0.25) is 0 Å². The van der Waals surface area contributed by atoms with Crippen LogP contribution in [0.2, 0.25) is 0 Å². The predicted octanol–water partition coefficient (Wildman–Crippen LogP) is 0.770. The molecular formula is C7H4NO2. The van der Waals surface area contributed by atoms with Gasteiger partial charge in [0.25, 0.3) is 0 Å². The van der Waals surface area contributed by atoms with Crippen LogP contribution < -0.4 is 0 Å². The Morgan fingerprint density at radius 1 is 1.50 bits per heavy atom. The zero-order valence-electron chi connectivity index (χ0n) is 5.00. The fourth-order valence-corrected chi connectivity index (χ4v) is 0.587. The molecule has 0 amide bonds. The number of rotatable bonds is 0. The molecule has 0 aliphatic carbocycles. The van der Waals surface area contributed by atoms with Crippen LogP contribution in [0.5, 0.6) is 11.5 Å². The minimum Gasteiger partial charge on any atom is -0.506 e. The molecule has 1 radical (unpaired) electrons. The molecule has 0 aliphatic heterocycles. The maximum Gasteiger partial charge on any atom is 0.145 e. The van der Waals surface area contributed by atoms with E-state index in [0.29, 0.717) is 0 Å². The molecule has 0 aromatic heterocycles. The van der Waals surface area contributed by atoms with Crippen molar-refractivity contribution < 1.29 is 10.2 Å². The second-order valence-electron chi connectivity index (χ2n) is 1.70. The monoisotopic (exact) mass is 134 g/mol. The molecule has 0 spiro atoms. The normalized spacial score (nSPS) is 8.70. The fraction of sp³-hybridized carbons (Fsp3) is 0. The molecule has 0 heterocycles. The van der Waals surface area contributed by atoms with Gasteiger partial charge in [-0.15, -0.1) is 0 Å². The minimum atomic E-state index is -0.317. The Hall–Kier alpha value is -1.69. The van der Waals surface area contributed by atoms with Crippen LogP contribution in [-0.2, 0) is 0 Å². The Bertz CT molecular complexity index is 268. The van der Waals surface area contributed by atoms with Gasteiger partial charge in [-0.3, -0.25) is 0 Å². The van der Waals surface area contributed by atoms with E-state index in [4.69, 9.17) is 15.5 Å². The number of hydrogen-bond acceptors (Lipinski definition) is 3. The van der Waals surface area contributed by atoms with Crippen molar-refractivity contribution in [2.24, 2.45) is 0 Å². The summed E-state index contributed by atoms with van der Waals surface area (Å²) in [4.78, 5) is 0. The first-order chi connectivity index (χ1) is 4.75. The number of hydrogen-bond donors (Lipinski definition) is 2. The molecule has 1 rings (SSSR count). The van der Waals surface area contributed by atoms with Crippen molar-refractivity contribution in [3.63, 3.8) is 0 Å². The van der Waals surface area contributed by atoms with Crippen LogP contribution in [0.4, 0.5) is 0 Å². The summed E-state index contributed by atoms with van der Waals surface area (Å²) in [7, 11) is 0. The summed E-state index contributed by atoms with van der Waals surface area (Å²) in [5, 5.41) is 26.1. The standard InChI is InChI=1S/C7H4NO2/c8-4-5-6(9)2-1-3-7(5)10/h1-2,9-10H. The topological polar surface area (TPSA) is 64.2 Å². The first-order valence-electron chi connectivity index (χ1n) is 2.58. The maximum atomic E-state index is 8.89. The van der Waals surface area contributed by atoms with Crippen LogP contribution >= 0.6 is 0 Å². The molecule has 49 valence electrons. The van der Waals surface area contributed by atoms with E-state index in [1.54, 1.807) is 6.07 Å². The summed E-state index contributed by atoms with van der Waals surface area (Å²) in [6.07, 6.45) is 0. The summed E-state index contributed by atoms with van der Waals surface area (Å²) in [5.41, 5.74) is -0.137. The number of nitrogens with zero attached hydrogens (tertiary/aromatic N) is 1. The largest absolute Gasteiger partial charge is 0.506 e. The van der Waals surface area contributed by atoms with Crippen molar-refractivity contribution in [1.82, 2.24) is 0 Å². The van der Waals surface area contributed by atoms with E-state index in [0.717, 1.165) is 0 Å². The van der Waals surface area contributed by atoms with Crippen molar-refractivity contribution in [3.05, 3.63) is 23.8 Å². The van der Waals surface area contributed by atoms with Gasteiger partial charge in [0, 0.05) is 6.07 Å². The summed E-state index contributed by atoms with van der Waals surface area (Å²) < 4.78 is 0.